The lowest BCUT2D eigenvalue weighted by atomic mass is 10.4. The van der Waals surface area contributed by atoms with Crippen LogP contribution in [-0.4, -0.2) is 91.0 Å². The number of carbonyl (C=O) groups excluding carboxylic acids is 2. The molecule has 0 fully saturated rings. The number of halogens is 3. The van der Waals surface area contributed by atoms with Crippen LogP contribution in [0.3, 0.4) is 0 Å². The Balaban J connectivity index is 6.41. The first-order valence-corrected chi connectivity index (χ1v) is 9.70. The molecule has 0 aromatic carbocycles. The lowest BCUT2D eigenvalue weighted by Crippen LogP contribution is -2.70. The number of aliphatic hydroxyl groups is 1. The second kappa shape index (κ2) is 14.6. The molecular formula is C16H32F3N5O9. The van der Waals surface area contributed by atoms with Crippen LogP contribution < -0.4 is 11.2 Å². The molecule has 0 aliphatic carbocycles. The Bertz CT molecular complexity index is 598. The number of hydrogen-bond acceptors (Lipinski definition) is 12. The van der Waals surface area contributed by atoms with E-state index in [9.17, 15) is 27.9 Å². The number of methoxy groups -OCH3 is 1. The molecule has 0 rings (SSSR count). The fourth-order valence-corrected chi connectivity index (χ4v) is 1.86. The summed E-state index contributed by atoms with van der Waals surface area (Å²) in [6.45, 7) is 5.17. The van der Waals surface area contributed by atoms with E-state index in [1.165, 1.54) is 21.0 Å². The zero-order chi connectivity index (χ0) is 25.8. The summed E-state index contributed by atoms with van der Waals surface area (Å²) in [7, 11) is 2.21. The van der Waals surface area contributed by atoms with Gasteiger partial charge < -0.3 is 19.4 Å². The van der Waals surface area contributed by atoms with E-state index >= 15 is 0 Å². The highest BCUT2D eigenvalue weighted by atomic mass is 19.4. The summed E-state index contributed by atoms with van der Waals surface area (Å²) in [6.07, 6.45) is -7.34. The molecule has 17 heteroatoms. The maximum absolute atomic E-state index is 13.5. The number of hydrazine groups is 2. The average molecular weight is 495 g/mol. The van der Waals surface area contributed by atoms with Crippen LogP contribution in [0, 0.1) is 0 Å². The monoisotopic (exact) mass is 495 g/mol. The van der Waals surface area contributed by atoms with E-state index in [2.05, 4.69) is 4.84 Å². The van der Waals surface area contributed by atoms with Crippen molar-refractivity contribution in [3.8, 4) is 0 Å². The fourth-order valence-electron chi connectivity index (χ4n) is 1.86. The van der Waals surface area contributed by atoms with Crippen LogP contribution in [0.25, 0.3) is 0 Å². The van der Waals surface area contributed by atoms with Gasteiger partial charge in [-0.2, -0.15) is 13.2 Å². The van der Waals surface area contributed by atoms with Crippen LogP contribution >= 0.6 is 0 Å². The summed E-state index contributed by atoms with van der Waals surface area (Å²) in [6, 6.07) is 0. The Labute approximate surface area is 188 Å². The van der Waals surface area contributed by atoms with Gasteiger partial charge in [-0.15, -0.1) is 5.48 Å². The average Bonchev–Trinajstić information content (AvgIpc) is 2.71. The molecule has 0 bridgehead atoms. The molecule has 0 aliphatic rings. The highest BCUT2D eigenvalue weighted by Gasteiger charge is 2.53. The molecule has 0 saturated heterocycles. The van der Waals surface area contributed by atoms with Crippen molar-refractivity contribution in [1.82, 2.24) is 21.1 Å². The number of carbonyl (C=O) groups is 2. The molecule has 0 spiro atoms. The van der Waals surface area contributed by atoms with Gasteiger partial charge in [-0.1, -0.05) is 17.2 Å². The van der Waals surface area contributed by atoms with Gasteiger partial charge in [0.2, 0.25) is 0 Å². The molecule has 4 N–H and O–H groups in total. The number of amides is 2. The molecule has 33 heavy (non-hydrogen) atoms. The molecule has 0 aromatic rings. The van der Waals surface area contributed by atoms with Crippen molar-refractivity contribution >= 4 is 11.8 Å². The van der Waals surface area contributed by atoms with Gasteiger partial charge in [-0.05, 0) is 27.2 Å². The highest BCUT2D eigenvalue weighted by Crippen LogP contribution is 2.24. The van der Waals surface area contributed by atoms with Crippen molar-refractivity contribution in [1.29, 1.82) is 0 Å². The van der Waals surface area contributed by atoms with E-state index in [0.29, 0.717) is 0 Å². The van der Waals surface area contributed by atoms with Gasteiger partial charge in [0.1, 0.15) is 6.61 Å². The molecule has 14 nitrogen and oxygen atoms in total. The summed E-state index contributed by atoms with van der Waals surface area (Å²) in [5.74, 6) is -7.60. The first kappa shape index (κ1) is 31.3. The van der Waals surface area contributed by atoms with Crippen LogP contribution in [0.15, 0.2) is 0 Å². The molecule has 0 radical (unpaired) electrons. The summed E-state index contributed by atoms with van der Waals surface area (Å²) in [5, 5.41) is 9.30. The maximum Gasteiger partial charge on any atom is 0.474 e. The van der Waals surface area contributed by atoms with E-state index in [1.54, 1.807) is 19.3 Å². The van der Waals surface area contributed by atoms with Crippen molar-refractivity contribution < 1.29 is 56.7 Å². The highest BCUT2D eigenvalue weighted by molar-refractivity contribution is 5.87. The van der Waals surface area contributed by atoms with Crippen LogP contribution in [-0.2, 0) is 38.4 Å². The third-order valence-electron chi connectivity index (χ3n) is 3.16. The number of ether oxygens (including phenoxy) is 2. The summed E-state index contributed by atoms with van der Waals surface area (Å²) in [4.78, 5) is 44.7. The number of hydroxylamine groups is 2. The first-order chi connectivity index (χ1) is 15.3. The Morgan fingerprint density at radius 2 is 1.73 bits per heavy atom. The van der Waals surface area contributed by atoms with Crippen LogP contribution in [0.4, 0.5) is 13.2 Å². The Morgan fingerprint density at radius 1 is 1.12 bits per heavy atom. The number of alkyl halides is 3. The van der Waals surface area contributed by atoms with Crippen LogP contribution in [0.2, 0.25) is 0 Å². The smallest absolute Gasteiger partial charge is 0.354 e. The SMILES string of the molecule is CCCON(C(=O)C(N)(O)NOC)N(C(=O)C(F)(F)F)N(OCC(OC)OCC)OC(C)C. The summed E-state index contributed by atoms with van der Waals surface area (Å²) >= 11 is 0. The van der Waals surface area contributed by atoms with Gasteiger partial charge in [-0.25, -0.2) is 9.68 Å². The van der Waals surface area contributed by atoms with Crippen molar-refractivity contribution in [2.24, 2.45) is 5.73 Å². The van der Waals surface area contributed by atoms with Crippen LogP contribution in [0.5, 0.6) is 0 Å². The minimum Gasteiger partial charge on any atom is -0.354 e. The van der Waals surface area contributed by atoms with Gasteiger partial charge in [0.05, 0.1) is 25.2 Å². The molecule has 0 saturated carbocycles. The summed E-state index contributed by atoms with van der Waals surface area (Å²) < 4.78 is 50.5. The quantitative estimate of drug-likeness (QED) is 0.202. The number of nitrogens with one attached hydrogen (secondary N) is 1. The predicted molar refractivity (Wildman–Crippen MR) is 102 cm³/mol. The molecule has 0 aliphatic heterocycles. The molecule has 196 valence electrons. The van der Waals surface area contributed by atoms with Gasteiger partial charge in [0, 0.05) is 13.7 Å². The molecule has 0 aromatic heterocycles. The zero-order valence-corrected chi connectivity index (χ0v) is 19.2. The molecule has 2 atom stereocenters. The van der Waals surface area contributed by atoms with E-state index in [4.69, 9.17) is 29.7 Å². The summed E-state index contributed by atoms with van der Waals surface area (Å²) in [5.41, 5.74) is 7.03. The normalized spacial score (nSPS) is 14.9. The van der Waals surface area contributed by atoms with Crippen molar-refractivity contribution in [2.45, 2.75) is 58.5 Å². The van der Waals surface area contributed by atoms with E-state index in [1.807, 2.05) is 0 Å². The molecule has 0 heterocycles. The van der Waals surface area contributed by atoms with Gasteiger partial charge in [0.15, 0.2) is 6.29 Å². The third-order valence-corrected chi connectivity index (χ3v) is 3.16. The lowest BCUT2D eigenvalue weighted by molar-refractivity contribution is -0.524. The Kier molecular flexibility index (Phi) is 13.8. The lowest BCUT2D eigenvalue weighted by Gasteiger charge is -2.40. The number of hydrogen-bond donors (Lipinski definition) is 3. The minimum absolute atomic E-state index is 0.0536. The second-order valence-corrected chi connectivity index (χ2v) is 6.38. The van der Waals surface area contributed by atoms with Crippen molar-refractivity contribution in [2.75, 3.05) is 34.0 Å². The van der Waals surface area contributed by atoms with E-state index in [-0.39, 0.29) is 30.1 Å². The number of rotatable bonds is 15. The Morgan fingerprint density at radius 3 is 2.15 bits per heavy atom. The van der Waals surface area contributed by atoms with E-state index in [0.717, 1.165) is 7.11 Å². The van der Waals surface area contributed by atoms with E-state index < -0.39 is 48.0 Å². The van der Waals surface area contributed by atoms with Gasteiger partial charge in [-0.3, -0.25) is 20.2 Å². The largest absolute Gasteiger partial charge is 0.474 e. The molecule has 2 unspecified atom stereocenters. The van der Waals surface area contributed by atoms with Crippen molar-refractivity contribution in [3.63, 3.8) is 0 Å². The number of nitrogens with zero attached hydrogens (tertiary/aromatic N) is 3. The first-order valence-electron chi connectivity index (χ1n) is 9.70. The molecular weight excluding hydrogens is 463 g/mol. The van der Waals surface area contributed by atoms with Gasteiger partial charge >= 0.3 is 18.0 Å². The second-order valence-electron chi connectivity index (χ2n) is 6.38. The van der Waals surface area contributed by atoms with Crippen LogP contribution in [0.1, 0.15) is 34.1 Å². The topological polar surface area (TPSA) is 158 Å². The molecule has 2 amide bonds. The predicted octanol–water partition coefficient (Wildman–Crippen LogP) is -0.284. The fraction of sp³-hybridized carbons (Fsp3) is 0.875. The van der Waals surface area contributed by atoms with Crippen molar-refractivity contribution in [3.05, 3.63) is 0 Å². The minimum atomic E-state index is -5.56. The maximum atomic E-state index is 13.5. The zero-order valence-electron chi connectivity index (χ0n) is 19.2. The van der Waals surface area contributed by atoms with Gasteiger partial charge in [0.25, 0.3) is 5.85 Å². The number of nitrogens with two attached hydrogens (primary N) is 1. The Hall–Kier alpha value is -1.67. The third kappa shape index (κ3) is 10.4. The standard InChI is InChI=1S/C16H32F3N5O9/c1-7-9-31-23(14(26)16(20,27)21-29-6)22(13(25)15(17,18)19)24(33-11(3)4)32-10-12(28-5)30-8-2/h11-12,21,27H,7-10,20H2,1-6H3.